The van der Waals surface area contributed by atoms with Gasteiger partial charge in [-0.05, 0) is 18.1 Å². The second-order valence-electron chi connectivity index (χ2n) is 5.00. The van der Waals surface area contributed by atoms with Crippen molar-refractivity contribution >= 4 is 5.97 Å². The first-order valence-corrected chi connectivity index (χ1v) is 6.93. The first-order valence-electron chi connectivity index (χ1n) is 6.93. The van der Waals surface area contributed by atoms with E-state index in [2.05, 4.69) is 17.3 Å². The van der Waals surface area contributed by atoms with Gasteiger partial charge in [0.25, 0.3) is 0 Å². The van der Waals surface area contributed by atoms with Gasteiger partial charge < -0.3 is 10.1 Å². The Morgan fingerprint density at radius 1 is 1.24 bits per heavy atom. The Morgan fingerprint density at radius 2 is 1.90 bits per heavy atom. The Labute approximate surface area is 124 Å². The van der Waals surface area contributed by atoms with Gasteiger partial charge in [-0.25, -0.2) is 0 Å². The van der Waals surface area contributed by atoms with Crippen molar-refractivity contribution in [3.63, 3.8) is 0 Å². The summed E-state index contributed by atoms with van der Waals surface area (Å²) in [6, 6.07) is 7.91. The number of hydrogen-bond acceptors (Lipinski definition) is 4. The molecule has 0 spiro atoms. The van der Waals surface area contributed by atoms with Gasteiger partial charge in [0, 0.05) is 31.4 Å². The zero-order valence-electron chi connectivity index (χ0n) is 12.7. The molecular weight excluding hydrogens is 266 g/mol. The van der Waals surface area contributed by atoms with Gasteiger partial charge in [-0.15, -0.1) is 0 Å². The predicted octanol–water partition coefficient (Wildman–Crippen LogP) is 1.73. The Balaban J connectivity index is 1.97. The molecule has 2 rings (SSSR count). The third-order valence-electron chi connectivity index (χ3n) is 3.65. The van der Waals surface area contributed by atoms with Crippen molar-refractivity contribution in [2.45, 2.75) is 26.4 Å². The monoisotopic (exact) mass is 287 g/mol. The number of nitrogens with zero attached hydrogens (tertiary/aromatic N) is 2. The van der Waals surface area contributed by atoms with Crippen molar-refractivity contribution in [2.24, 2.45) is 7.05 Å². The van der Waals surface area contributed by atoms with E-state index in [9.17, 15) is 4.79 Å². The fourth-order valence-electron chi connectivity index (χ4n) is 2.18. The molecule has 0 bridgehead atoms. The zero-order chi connectivity index (χ0) is 15.2. The van der Waals surface area contributed by atoms with E-state index in [4.69, 9.17) is 4.74 Å². The molecule has 0 atom stereocenters. The van der Waals surface area contributed by atoms with Crippen LogP contribution >= 0.6 is 0 Å². The summed E-state index contributed by atoms with van der Waals surface area (Å²) in [5.41, 5.74) is 4.46. The van der Waals surface area contributed by atoms with Crippen molar-refractivity contribution in [1.29, 1.82) is 0 Å². The molecule has 0 aliphatic carbocycles. The van der Waals surface area contributed by atoms with E-state index >= 15 is 0 Å². The average Bonchev–Trinajstić information content (AvgIpc) is 2.81. The number of carbonyl (C=O) groups is 1. The molecule has 0 amide bonds. The van der Waals surface area contributed by atoms with Gasteiger partial charge in [0.2, 0.25) is 0 Å². The predicted molar refractivity (Wildman–Crippen MR) is 80.7 cm³/mol. The lowest BCUT2D eigenvalue weighted by Crippen LogP contribution is -2.16. The summed E-state index contributed by atoms with van der Waals surface area (Å²) < 4.78 is 6.59. The van der Waals surface area contributed by atoms with Crippen LogP contribution in [0, 0.1) is 6.92 Å². The summed E-state index contributed by atoms with van der Waals surface area (Å²) in [6.45, 7) is 3.52. The maximum absolute atomic E-state index is 11.4. The van der Waals surface area contributed by atoms with Crippen molar-refractivity contribution in [3.8, 4) is 0 Å². The molecule has 0 aliphatic heterocycles. The van der Waals surface area contributed by atoms with Crippen LogP contribution in [0.2, 0.25) is 0 Å². The lowest BCUT2D eigenvalue weighted by atomic mass is 10.0. The highest BCUT2D eigenvalue weighted by Crippen LogP contribution is 2.11. The molecule has 1 N–H and O–H groups in total. The molecule has 0 saturated heterocycles. The van der Waals surface area contributed by atoms with E-state index in [1.165, 1.54) is 12.7 Å². The van der Waals surface area contributed by atoms with Crippen molar-refractivity contribution in [1.82, 2.24) is 15.1 Å². The Morgan fingerprint density at radius 3 is 2.52 bits per heavy atom. The number of nitrogens with one attached hydrogen (secondary N) is 1. The number of aryl methyl sites for hydroxylation is 1. The summed E-state index contributed by atoms with van der Waals surface area (Å²) in [7, 11) is 3.35. The van der Waals surface area contributed by atoms with Crippen LogP contribution in [-0.2, 0) is 36.1 Å². The van der Waals surface area contributed by atoms with Crippen LogP contribution in [0.1, 0.15) is 22.4 Å². The number of carbonyl (C=O) groups excluding carboxylic acids is 1. The summed E-state index contributed by atoms with van der Waals surface area (Å²) in [5.74, 6) is -0.217. The highest BCUT2D eigenvalue weighted by Gasteiger charge is 2.08. The first kappa shape index (κ1) is 15.3. The number of rotatable bonds is 6. The second-order valence-corrected chi connectivity index (χ2v) is 5.00. The molecule has 1 aromatic carbocycles. The lowest BCUT2D eigenvalue weighted by Gasteiger charge is -2.10. The van der Waals surface area contributed by atoms with E-state index < -0.39 is 0 Å². The molecule has 21 heavy (non-hydrogen) atoms. The standard InChI is InChI=1S/C16H21N3O2/c1-12-15(11-18-19(12)2)10-17-9-14-7-5-4-6-13(14)8-16(20)21-3/h4-7,11,17H,8-10H2,1-3H3. The third-order valence-corrected chi connectivity index (χ3v) is 3.65. The molecule has 112 valence electrons. The number of esters is 1. The quantitative estimate of drug-likeness (QED) is 0.822. The van der Waals surface area contributed by atoms with Crippen LogP contribution in [0.25, 0.3) is 0 Å². The normalized spacial score (nSPS) is 10.6. The zero-order valence-corrected chi connectivity index (χ0v) is 12.7. The largest absolute Gasteiger partial charge is 0.469 e. The van der Waals surface area contributed by atoms with Crippen LogP contribution < -0.4 is 5.32 Å². The van der Waals surface area contributed by atoms with Crippen LogP contribution in [0.5, 0.6) is 0 Å². The average molecular weight is 287 g/mol. The maximum Gasteiger partial charge on any atom is 0.309 e. The number of benzene rings is 1. The van der Waals surface area contributed by atoms with Crippen molar-refractivity contribution < 1.29 is 9.53 Å². The fraction of sp³-hybridized carbons (Fsp3) is 0.375. The lowest BCUT2D eigenvalue weighted by molar-refractivity contribution is -0.139. The van der Waals surface area contributed by atoms with E-state index in [1.54, 1.807) is 0 Å². The van der Waals surface area contributed by atoms with Crippen LogP contribution in [0.3, 0.4) is 0 Å². The molecule has 2 aromatic rings. The molecular formula is C16H21N3O2. The number of hydrogen-bond donors (Lipinski definition) is 1. The summed E-state index contributed by atoms with van der Waals surface area (Å²) in [6.07, 6.45) is 2.18. The van der Waals surface area contributed by atoms with E-state index in [-0.39, 0.29) is 5.97 Å². The molecule has 0 fully saturated rings. The van der Waals surface area contributed by atoms with Crippen molar-refractivity contribution in [2.75, 3.05) is 7.11 Å². The summed E-state index contributed by atoms with van der Waals surface area (Å²) in [4.78, 5) is 11.4. The molecule has 0 saturated carbocycles. The highest BCUT2D eigenvalue weighted by molar-refractivity contribution is 5.72. The Bertz CT molecular complexity index is 620. The summed E-state index contributed by atoms with van der Waals surface area (Å²) in [5, 5.41) is 7.62. The Kier molecular flexibility index (Phi) is 5.11. The van der Waals surface area contributed by atoms with Gasteiger partial charge >= 0.3 is 5.97 Å². The molecule has 1 heterocycles. The van der Waals surface area contributed by atoms with Gasteiger partial charge in [0.1, 0.15) is 0 Å². The van der Waals surface area contributed by atoms with Crippen LogP contribution in [-0.4, -0.2) is 22.9 Å². The Hall–Kier alpha value is -2.14. The molecule has 0 unspecified atom stereocenters. The van der Waals surface area contributed by atoms with Crippen molar-refractivity contribution in [3.05, 3.63) is 52.8 Å². The van der Waals surface area contributed by atoms with Gasteiger partial charge in [-0.3, -0.25) is 9.48 Å². The maximum atomic E-state index is 11.4. The minimum atomic E-state index is -0.217. The number of aromatic nitrogens is 2. The number of ether oxygens (including phenoxy) is 1. The van der Waals surface area contributed by atoms with Gasteiger partial charge in [-0.1, -0.05) is 24.3 Å². The van der Waals surface area contributed by atoms with Crippen LogP contribution in [0.4, 0.5) is 0 Å². The molecule has 0 radical (unpaired) electrons. The fourth-order valence-corrected chi connectivity index (χ4v) is 2.18. The summed E-state index contributed by atoms with van der Waals surface area (Å²) >= 11 is 0. The minimum absolute atomic E-state index is 0.217. The van der Waals surface area contributed by atoms with Gasteiger partial charge in [0.15, 0.2) is 0 Å². The second kappa shape index (κ2) is 7.04. The molecule has 5 nitrogen and oxygen atoms in total. The molecule has 1 aromatic heterocycles. The molecule has 0 aliphatic rings. The third kappa shape index (κ3) is 3.92. The first-order chi connectivity index (χ1) is 10.1. The van der Waals surface area contributed by atoms with Crippen LogP contribution in [0.15, 0.2) is 30.5 Å². The topological polar surface area (TPSA) is 56.1 Å². The van der Waals surface area contributed by atoms with Gasteiger partial charge in [-0.2, -0.15) is 5.10 Å². The molecule has 5 heteroatoms. The number of methoxy groups -OCH3 is 1. The highest BCUT2D eigenvalue weighted by atomic mass is 16.5. The van der Waals surface area contributed by atoms with E-state index in [0.29, 0.717) is 13.0 Å². The minimum Gasteiger partial charge on any atom is -0.469 e. The van der Waals surface area contributed by atoms with E-state index in [1.807, 2.05) is 42.2 Å². The SMILES string of the molecule is COC(=O)Cc1ccccc1CNCc1cnn(C)c1C. The van der Waals surface area contributed by atoms with E-state index in [0.717, 1.165) is 23.4 Å². The smallest absolute Gasteiger partial charge is 0.309 e. The van der Waals surface area contributed by atoms with Gasteiger partial charge in [0.05, 0.1) is 19.7 Å².